The van der Waals surface area contributed by atoms with E-state index in [1.165, 1.54) is 16.3 Å². The molecular formula is C51H51N3OSi. The molecule has 6 aromatic carbocycles. The Morgan fingerprint density at radius 2 is 1.30 bits per heavy atom. The van der Waals surface area contributed by atoms with Gasteiger partial charge in [-0.2, -0.15) is 0 Å². The Labute approximate surface area is 332 Å². The van der Waals surface area contributed by atoms with Crippen LogP contribution in [0.2, 0.25) is 19.6 Å². The van der Waals surface area contributed by atoms with Crippen molar-refractivity contribution in [2.24, 2.45) is 11.8 Å². The number of benzene rings is 6. The average molecular weight is 750 g/mol. The van der Waals surface area contributed by atoms with Gasteiger partial charge in [0.25, 0.3) is 0 Å². The second kappa shape index (κ2) is 15.0. The van der Waals surface area contributed by atoms with Gasteiger partial charge in [-0.3, -0.25) is 9.55 Å². The molecule has 0 atom stereocenters. The van der Waals surface area contributed by atoms with Crippen molar-refractivity contribution in [2.75, 3.05) is 0 Å². The second-order valence-electron chi connectivity index (χ2n) is 17.2. The van der Waals surface area contributed by atoms with Crippen molar-refractivity contribution < 1.29 is 5.11 Å². The topological polar surface area (TPSA) is 50.9 Å². The molecule has 0 saturated heterocycles. The highest BCUT2D eigenvalue weighted by atomic mass is 28.3. The molecule has 0 aliphatic rings. The molecule has 5 heteroatoms. The maximum absolute atomic E-state index is 11.9. The third kappa shape index (κ3) is 7.44. The zero-order valence-electron chi connectivity index (χ0n) is 33.6. The lowest BCUT2D eigenvalue weighted by Gasteiger charge is -2.16. The zero-order valence-corrected chi connectivity index (χ0v) is 34.6. The molecule has 0 radical (unpaired) electrons. The fraction of sp³-hybridized carbons (Fsp3) is 0.216. The number of imidazole rings is 1. The van der Waals surface area contributed by atoms with Crippen LogP contribution in [0.4, 0.5) is 0 Å². The van der Waals surface area contributed by atoms with Crippen LogP contribution in [0.15, 0.2) is 140 Å². The third-order valence-electron chi connectivity index (χ3n) is 10.7. The van der Waals surface area contributed by atoms with Gasteiger partial charge in [0.2, 0.25) is 0 Å². The third-order valence-corrected chi connectivity index (χ3v) is 12.8. The Hall–Kier alpha value is -5.78. The van der Waals surface area contributed by atoms with Crippen molar-refractivity contribution in [1.29, 1.82) is 0 Å². The van der Waals surface area contributed by atoms with E-state index in [1.54, 1.807) is 0 Å². The first-order chi connectivity index (χ1) is 26.9. The summed E-state index contributed by atoms with van der Waals surface area (Å²) in [5, 5.41) is 15.5. The van der Waals surface area contributed by atoms with Gasteiger partial charge in [-0.05, 0) is 106 Å². The molecule has 0 amide bonds. The van der Waals surface area contributed by atoms with E-state index in [4.69, 9.17) is 9.97 Å². The first-order valence-electron chi connectivity index (χ1n) is 20.0. The molecule has 8 rings (SSSR count). The zero-order chi connectivity index (χ0) is 39.1. The molecule has 2 aromatic heterocycles. The van der Waals surface area contributed by atoms with Gasteiger partial charge in [0.1, 0.15) is 11.6 Å². The summed E-state index contributed by atoms with van der Waals surface area (Å²) < 4.78 is 2.26. The summed E-state index contributed by atoms with van der Waals surface area (Å²) in [5.74, 6) is 1.96. The van der Waals surface area contributed by atoms with Gasteiger partial charge in [0.15, 0.2) is 0 Å². The van der Waals surface area contributed by atoms with Crippen LogP contribution in [0.25, 0.3) is 72.4 Å². The number of hydrogen-bond donors (Lipinski definition) is 1. The second-order valence-corrected chi connectivity index (χ2v) is 22.2. The molecule has 0 bridgehead atoms. The Kier molecular flexibility index (Phi) is 9.98. The molecular weight excluding hydrogens is 699 g/mol. The standard InChI is InChI=1S/C51H51N3OSi/c1-33(2)26-35-18-20-37(21-19-35)39-22-24-44(49(55)31-39)51-53-50-45(40-14-10-15-41(30-40)46-25-23-42(32-52-46)56(5,6)7)28-36(27-34(3)4)29-48(50)54(51)47-17-11-13-38-12-8-9-16-43(38)47/h8-25,28-34,55H,26-27H2,1-7H3. The summed E-state index contributed by atoms with van der Waals surface area (Å²) >= 11 is 0. The number of fused-ring (bicyclic) bond motifs is 2. The van der Waals surface area contributed by atoms with Crippen LogP contribution in [0.3, 0.4) is 0 Å². The summed E-state index contributed by atoms with van der Waals surface area (Å²) in [4.78, 5) is 10.4. The quantitative estimate of drug-likeness (QED) is 0.142. The maximum Gasteiger partial charge on any atom is 0.149 e. The minimum absolute atomic E-state index is 0.198. The highest BCUT2D eigenvalue weighted by Gasteiger charge is 2.23. The first kappa shape index (κ1) is 37.2. The number of aromatic hydroxyl groups is 1. The molecule has 280 valence electrons. The average Bonchev–Trinajstić information content (AvgIpc) is 3.55. The maximum atomic E-state index is 11.9. The molecule has 56 heavy (non-hydrogen) atoms. The van der Waals surface area contributed by atoms with Crippen LogP contribution in [0.1, 0.15) is 38.8 Å². The Morgan fingerprint density at radius 3 is 2.02 bits per heavy atom. The molecule has 2 heterocycles. The number of nitrogens with zero attached hydrogens (tertiary/aromatic N) is 3. The summed E-state index contributed by atoms with van der Waals surface area (Å²) in [5.41, 5.74) is 12.4. The van der Waals surface area contributed by atoms with E-state index in [0.29, 0.717) is 23.2 Å². The van der Waals surface area contributed by atoms with E-state index < -0.39 is 8.07 Å². The van der Waals surface area contributed by atoms with Crippen molar-refractivity contribution in [1.82, 2.24) is 14.5 Å². The van der Waals surface area contributed by atoms with E-state index in [9.17, 15) is 5.11 Å². The van der Waals surface area contributed by atoms with Crippen molar-refractivity contribution in [3.63, 3.8) is 0 Å². The number of aromatic nitrogens is 3. The van der Waals surface area contributed by atoms with E-state index >= 15 is 0 Å². The van der Waals surface area contributed by atoms with Gasteiger partial charge in [-0.25, -0.2) is 4.98 Å². The minimum atomic E-state index is -1.47. The highest BCUT2D eigenvalue weighted by molar-refractivity contribution is 6.88. The first-order valence-corrected chi connectivity index (χ1v) is 23.5. The Balaban J connectivity index is 1.34. The fourth-order valence-electron chi connectivity index (χ4n) is 7.93. The lowest BCUT2D eigenvalue weighted by molar-refractivity contribution is 0.477. The molecule has 4 nitrogen and oxygen atoms in total. The van der Waals surface area contributed by atoms with Crippen LogP contribution in [0, 0.1) is 11.8 Å². The van der Waals surface area contributed by atoms with Crippen LogP contribution < -0.4 is 5.19 Å². The monoisotopic (exact) mass is 749 g/mol. The molecule has 0 aliphatic heterocycles. The SMILES string of the molecule is CC(C)Cc1ccc(-c2ccc(-c3nc4c(-c5cccc(-c6ccc([Si](C)(C)C)cn6)c5)cc(CC(C)C)cc4n3-c3cccc4ccccc34)c(O)c2)cc1. The largest absolute Gasteiger partial charge is 0.507 e. The van der Waals surface area contributed by atoms with Crippen LogP contribution in [0.5, 0.6) is 5.75 Å². The van der Waals surface area contributed by atoms with Crippen molar-refractivity contribution in [3.8, 4) is 56.3 Å². The minimum Gasteiger partial charge on any atom is -0.507 e. The summed E-state index contributed by atoms with van der Waals surface area (Å²) in [7, 11) is -1.47. The normalized spacial score (nSPS) is 12.0. The number of hydrogen-bond acceptors (Lipinski definition) is 3. The molecule has 0 saturated carbocycles. The van der Waals surface area contributed by atoms with Gasteiger partial charge in [-0.15, -0.1) is 0 Å². The van der Waals surface area contributed by atoms with E-state index in [0.717, 1.165) is 73.8 Å². The predicted octanol–water partition coefficient (Wildman–Crippen LogP) is 12.9. The summed E-state index contributed by atoms with van der Waals surface area (Å²) in [6.07, 6.45) is 4.03. The smallest absolute Gasteiger partial charge is 0.149 e. The molecule has 1 N–H and O–H groups in total. The lowest BCUT2D eigenvalue weighted by atomic mass is 9.95. The van der Waals surface area contributed by atoms with Gasteiger partial charge < -0.3 is 5.11 Å². The van der Waals surface area contributed by atoms with Crippen LogP contribution in [-0.4, -0.2) is 27.7 Å². The molecule has 0 fully saturated rings. The molecule has 8 aromatic rings. The van der Waals surface area contributed by atoms with Crippen molar-refractivity contribution in [2.45, 2.75) is 60.2 Å². The van der Waals surface area contributed by atoms with Gasteiger partial charge in [0, 0.05) is 22.7 Å². The Morgan fingerprint density at radius 1 is 0.607 bits per heavy atom. The number of pyridine rings is 1. The number of phenols is 1. The molecule has 0 aliphatic carbocycles. The van der Waals surface area contributed by atoms with Gasteiger partial charge in [0.05, 0.1) is 36.1 Å². The molecule has 0 spiro atoms. The fourth-order valence-corrected chi connectivity index (χ4v) is 8.97. The van der Waals surface area contributed by atoms with Crippen molar-refractivity contribution >= 4 is 35.1 Å². The van der Waals surface area contributed by atoms with E-state index in [-0.39, 0.29) is 5.75 Å². The Bertz CT molecular complexity index is 2680. The predicted molar refractivity (Wildman–Crippen MR) is 240 cm³/mol. The summed E-state index contributed by atoms with van der Waals surface area (Å²) in [6, 6.07) is 47.4. The summed E-state index contributed by atoms with van der Waals surface area (Å²) in [6.45, 7) is 16.1. The van der Waals surface area contributed by atoms with E-state index in [1.807, 2.05) is 12.1 Å². The number of rotatable bonds is 10. The molecule has 0 unspecified atom stereocenters. The van der Waals surface area contributed by atoms with Gasteiger partial charge in [-0.1, -0.05) is 138 Å². The van der Waals surface area contributed by atoms with Crippen LogP contribution in [-0.2, 0) is 12.8 Å². The highest BCUT2D eigenvalue weighted by Crippen LogP contribution is 2.41. The lowest BCUT2D eigenvalue weighted by Crippen LogP contribution is -2.37. The number of phenolic OH excluding ortho intramolecular Hbond substituents is 1. The van der Waals surface area contributed by atoms with E-state index in [2.05, 4.69) is 179 Å². The van der Waals surface area contributed by atoms with Gasteiger partial charge >= 0.3 is 0 Å². The van der Waals surface area contributed by atoms with Crippen molar-refractivity contribution in [3.05, 3.63) is 151 Å². The van der Waals surface area contributed by atoms with Crippen LogP contribution >= 0.6 is 0 Å².